The SMILES string of the molecule is COc1ccc(COCO[C@H]([C@@H](C)[C@@H](O[Si](C)(C)C(C)(C)C)[C@@H](C)CO[Si](c2ccccc2)(c2ccccc2)C(C)(C)C)[C@@H](C)[C@@H](C[C@H](OC)[C@H](C)[C@H](CCOCc2ccccc2)OC)OC)cc1. The third kappa shape index (κ3) is 16.1. The van der Waals surface area contributed by atoms with E-state index >= 15 is 0 Å². The standard InChI is InChI=1S/C58H90O9Si2/c1-43(39-66-69(58(8,9)10,50-28-22-18-23-29-50)51-30-24-19-25-31-51)55(67-68(15,16)57(5,6)7)46(4)56(65-42-64-41-48-32-34-49(59-11)35-33-48)45(3)54(62-14)38-53(61-13)44(2)52(60-12)36-37-63-40-47-26-20-17-21-27-47/h17-35,43-46,52-56H,36-42H2,1-16H3/t43-,44+,45-,46-,52-,53-,54+,55-,56-/m0/s1. The number of rotatable bonds is 30. The molecule has 0 N–H and O–H groups in total. The minimum atomic E-state index is -2.85. The molecule has 0 bridgehead atoms. The molecule has 0 fully saturated rings. The van der Waals surface area contributed by atoms with Gasteiger partial charge in [-0.3, -0.25) is 0 Å². The third-order valence-electron chi connectivity index (χ3n) is 14.9. The Labute approximate surface area is 420 Å². The van der Waals surface area contributed by atoms with E-state index in [1.54, 1.807) is 28.4 Å². The predicted octanol–water partition coefficient (Wildman–Crippen LogP) is 12.1. The van der Waals surface area contributed by atoms with E-state index in [-0.39, 0.29) is 71.1 Å². The van der Waals surface area contributed by atoms with Crippen molar-refractivity contribution >= 4 is 27.0 Å². The van der Waals surface area contributed by atoms with E-state index in [9.17, 15) is 0 Å². The first-order valence-corrected chi connectivity index (χ1v) is 30.0. The molecular formula is C58H90O9Si2. The highest BCUT2D eigenvalue weighted by Crippen LogP contribution is 2.42. The molecule has 0 aliphatic rings. The lowest BCUT2D eigenvalue weighted by Gasteiger charge is -2.47. The Kier molecular flexibility index (Phi) is 23.3. The van der Waals surface area contributed by atoms with Crippen molar-refractivity contribution in [2.45, 2.75) is 149 Å². The van der Waals surface area contributed by atoms with Crippen molar-refractivity contribution in [1.82, 2.24) is 0 Å². The van der Waals surface area contributed by atoms with Crippen LogP contribution in [0.1, 0.15) is 93.2 Å². The number of ether oxygens (including phenoxy) is 7. The molecule has 0 saturated heterocycles. The highest BCUT2D eigenvalue weighted by atomic mass is 28.4. The summed E-state index contributed by atoms with van der Waals surface area (Å²) in [5.41, 5.74) is 2.19. The lowest BCUT2D eigenvalue weighted by Crippen LogP contribution is -2.67. The van der Waals surface area contributed by atoms with Crippen molar-refractivity contribution in [3.8, 4) is 5.75 Å². The summed E-state index contributed by atoms with van der Waals surface area (Å²) < 4.78 is 59.0. The largest absolute Gasteiger partial charge is 0.497 e. The Morgan fingerprint density at radius 1 is 0.522 bits per heavy atom. The Bertz CT molecular complexity index is 1950. The summed E-state index contributed by atoms with van der Waals surface area (Å²) in [6.07, 6.45) is 0.378. The zero-order valence-electron chi connectivity index (χ0n) is 45.3. The van der Waals surface area contributed by atoms with Crippen molar-refractivity contribution < 1.29 is 42.0 Å². The van der Waals surface area contributed by atoms with Crippen LogP contribution in [-0.4, -0.2) is 95.6 Å². The predicted molar refractivity (Wildman–Crippen MR) is 288 cm³/mol. The average molecular weight is 988 g/mol. The molecule has 0 spiro atoms. The van der Waals surface area contributed by atoms with Crippen molar-refractivity contribution in [1.29, 1.82) is 0 Å². The second-order valence-electron chi connectivity index (χ2n) is 21.7. The Hall–Kier alpha value is -3.21. The average Bonchev–Trinajstić information content (AvgIpc) is 3.33. The molecule has 9 atom stereocenters. The molecular weight excluding hydrogens is 897 g/mol. The van der Waals surface area contributed by atoms with Crippen LogP contribution in [0.3, 0.4) is 0 Å². The minimum absolute atomic E-state index is 0.00592. The fourth-order valence-electron chi connectivity index (χ4n) is 9.64. The van der Waals surface area contributed by atoms with Crippen LogP contribution in [0.15, 0.2) is 115 Å². The first-order chi connectivity index (χ1) is 32.7. The second-order valence-corrected chi connectivity index (χ2v) is 30.8. The van der Waals surface area contributed by atoms with Crippen LogP contribution in [0, 0.1) is 23.7 Å². The molecule has 0 heterocycles. The summed E-state index contributed by atoms with van der Waals surface area (Å²) in [5, 5.41) is 2.31. The van der Waals surface area contributed by atoms with Gasteiger partial charge in [0.05, 0.1) is 50.8 Å². The number of methoxy groups -OCH3 is 4. The van der Waals surface area contributed by atoms with E-state index in [2.05, 4.69) is 155 Å². The van der Waals surface area contributed by atoms with E-state index < -0.39 is 16.6 Å². The maximum Gasteiger partial charge on any atom is 0.261 e. The van der Waals surface area contributed by atoms with Gasteiger partial charge in [0.15, 0.2) is 8.32 Å². The van der Waals surface area contributed by atoms with Gasteiger partial charge in [-0.2, -0.15) is 0 Å². The monoisotopic (exact) mass is 987 g/mol. The van der Waals surface area contributed by atoms with E-state index in [1.165, 1.54) is 10.4 Å². The van der Waals surface area contributed by atoms with E-state index in [4.69, 9.17) is 42.0 Å². The smallest absolute Gasteiger partial charge is 0.261 e. The van der Waals surface area contributed by atoms with E-state index in [0.29, 0.717) is 32.8 Å². The lowest BCUT2D eigenvalue weighted by molar-refractivity contribution is -0.163. The van der Waals surface area contributed by atoms with Crippen molar-refractivity contribution in [3.63, 3.8) is 0 Å². The molecule has 0 aliphatic carbocycles. The second kappa shape index (κ2) is 27.6. The first-order valence-electron chi connectivity index (χ1n) is 25.2. The summed E-state index contributed by atoms with van der Waals surface area (Å²) in [6, 6.07) is 40.0. The molecule has 384 valence electrons. The zero-order chi connectivity index (χ0) is 50.8. The van der Waals surface area contributed by atoms with Gasteiger partial charge in [-0.05, 0) is 63.2 Å². The molecule has 4 aromatic carbocycles. The van der Waals surface area contributed by atoms with Gasteiger partial charge in [0, 0.05) is 64.6 Å². The molecule has 4 aromatic rings. The van der Waals surface area contributed by atoms with Gasteiger partial charge < -0.3 is 42.0 Å². The Balaban J connectivity index is 1.68. The van der Waals surface area contributed by atoms with Gasteiger partial charge in [-0.25, -0.2) is 0 Å². The molecule has 4 rings (SSSR count). The van der Waals surface area contributed by atoms with Crippen LogP contribution in [-0.2, 0) is 50.5 Å². The Morgan fingerprint density at radius 3 is 1.51 bits per heavy atom. The highest BCUT2D eigenvalue weighted by molar-refractivity contribution is 6.99. The van der Waals surface area contributed by atoms with Crippen LogP contribution in [0.5, 0.6) is 5.75 Å². The molecule has 0 unspecified atom stereocenters. The van der Waals surface area contributed by atoms with Crippen LogP contribution >= 0.6 is 0 Å². The quantitative estimate of drug-likeness (QED) is 0.0288. The summed E-state index contributed by atoms with van der Waals surface area (Å²) in [5.74, 6) is 0.670. The van der Waals surface area contributed by atoms with Gasteiger partial charge in [0.1, 0.15) is 12.5 Å². The molecule has 0 saturated carbocycles. The fourth-order valence-corrected chi connectivity index (χ4v) is 15.8. The zero-order valence-corrected chi connectivity index (χ0v) is 47.3. The maximum absolute atomic E-state index is 7.65. The van der Waals surface area contributed by atoms with Crippen LogP contribution in [0.2, 0.25) is 23.2 Å². The summed E-state index contributed by atoms with van der Waals surface area (Å²) in [7, 11) is 1.84. The van der Waals surface area contributed by atoms with Crippen molar-refractivity contribution in [3.05, 3.63) is 126 Å². The van der Waals surface area contributed by atoms with Crippen molar-refractivity contribution in [2.75, 3.05) is 48.4 Å². The van der Waals surface area contributed by atoms with Gasteiger partial charge in [0.25, 0.3) is 8.32 Å². The third-order valence-corrected chi connectivity index (χ3v) is 24.4. The van der Waals surface area contributed by atoms with Crippen LogP contribution in [0.25, 0.3) is 0 Å². The maximum atomic E-state index is 7.65. The number of hydrogen-bond donors (Lipinski definition) is 0. The van der Waals surface area contributed by atoms with Gasteiger partial charge in [-0.15, -0.1) is 0 Å². The molecule has 69 heavy (non-hydrogen) atoms. The topological polar surface area (TPSA) is 83.1 Å². The van der Waals surface area contributed by atoms with Gasteiger partial charge in [0.2, 0.25) is 0 Å². The Morgan fingerprint density at radius 2 is 1.01 bits per heavy atom. The molecule has 0 aromatic heterocycles. The summed E-state index contributed by atoms with van der Waals surface area (Å²) >= 11 is 0. The fraction of sp³-hybridized carbons (Fsp3) is 0.586. The highest BCUT2D eigenvalue weighted by Gasteiger charge is 2.51. The normalized spacial score (nSPS) is 16.8. The van der Waals surface area contributed by atoms with E-state index in [1.807, 2.05) is 42.5 Å². The van der Waals surface area contributed by atoms with Crippen LogP contribution < -0.4 is 15.1 Å². The van der Waals surface area contributed by atoms with Gasteiger partial charge >= 0.3 is 0 Å². The summed E-state index contributed by atoms with van der Waals surface area (Å²) in [4.78, 5) is 0. The molecule has 0 aliphatic heterocycles. The summed E-state index contributed by atoms with van der Waals surface area (Å²) in [6.45, 7) is 29.8. The molecule has 0 amide bonds. The lowest BCUT2D eigenvalue weighted by atomic mass is 9.80. The minimum Gasteiger partial charge on any atom is -0.497 e. The van der Waals surface area contributed by atoms with Crippen molar-refractivity contribution in [2.24, 2.45) is 23.7 Å². The number of hydrogen-bond acceptors (Lipinski definition) is 9. The van der Waals surface area contributed by atoms with Gasteiger partial charge in [-0.1, -0.05) is 172 Å². The molecule has 9 nitrogen and oxygen atoms in total. The number of benzene rings is 4. The van der Waals surface area contributed by atoms with Crippen LogP contribution in [0.4, 0.5) is 0 Å². The van der Waals surface area contributed by atoms with E-state index in [0.717, 1.165) is 23.3 Å². The molecule has 0 radical (unpaired) electrons. The molecule has 11 heteroatoms. The first kappa shape index (κ1) is 58.4.